The van der Waals surface area contributed by atoms with E-state index in [-0.39, 0.29) is 42.2 Å². The van der Waals surface area contributed by atoms with Crippen molar-refractivity contribution in [3.05, 3.63) is 0 Å². The van der Waals surface area contributed by atoms with Crippen LogP contribution in [0.3, 0.4) is 0 Å². The summed E-state index contributed by atoms with van der Waals surface area (Å²) in [5.41, 5.74) is 0.144. The Morgan fingerprint density at radius 1 is 1.00 bits per heavy atom. The predicted molar refractivity (Wildman–Crippen MR) is 73.7 cm³/mol. The summed E-state index contributed by atoms with van der Waals surface area (Å²) in [5, 5.41) is 0. The van der Waals surface area contributed by atoms with E-state index < -0.39 is 10.1 Å². The molecule has 106 valence electrons. The Hall–Kier alpha value is 0.910. The standard InChI is InChI=1S/C13H28O3S.Na.H/c1-10(2)13(11(3)4,12(5)6)8-7-9-17(14,15)16;;/h10-12H,7-9H2,1-6H3,(H,14,15,16);;/q;+1;-1. The second kappa shape index (κ2) is 8.25. The monoisotopic (exact) mass is 288 g/mol. The zero-order chi connectivity index (χ0) is 13.9. The summed E-state index contributed by atoms with van der Waals surface area (Å²) in [6.45, 7) is 13.2. The minimum absolute atomic E-state index is 0. The predicted octanol–water partition coefficient (Wildman–Crippen LogP) is 0.725. The molecule has 0 saturated carbocycles. The average molecular weight is 288 g/mol. The van der Waals surface area contributed by atoms with Crippen molar-refractivity contribution in [1.29, 1.82) is 0 Å². The van der Waals surface area contributed by atoms with Gasteiger partial charge in [0.15, 0.2) is 0 Å². The van der Waals surface area contributed by atoms with Crippen LogP contribution in [0.25, 0.3) is 0 Å². The van der Waals surface area contributed by atoms with E-state index >= 15 is 0 Å². The molecule has 0 aromatic rings. The third-order valence-electron chi connectivity index (χ3n) is 4.24. The molecule has 18 heavy (non-hydrogen) atoms. The largest absolute Gasteiger partial charge is 1.00 e. The fraction of sp³-hybridized carbons (Fsp3) is 1.00. The molecule has 0 aliphatic rings. The van der Waals surface area contributed by atoms with Gasteiger partial charge in [0.1, 0.15) is 0 Å². The second-order valence-corrected chi connectivity index (χ2v) is 7.54. The molecule has 0 unspecified atom stereocenters. The van der Waals surface area contributed by atoms with E-state index in [1.807, 2.05) is 0 Å². The Labute approximate surface area is 137 Å². The quantitative estimate of drug-likeness (QED) is 0.555. The Morgan fingerprint density at radius 2 is 1.33 bits per heavy atom. The molecule has 0 rings (SSSR count). The Bertz CT molecular complexity index is 305. The fourth-order valence-corrected chi connectivity index (χ4v) is 3.94. The van der Waals surface area contributed by atoms with Crippen LogP contribution in [0.1, 0.15) is 55.8 Å². The molecule has 0 aliphatic carbocycles. The second-order valence-electron chi connectivity index (χ2n) is 5.97. The molecule has 0 saturated heterocycles. The van der Waals surface area contributed by atoms with Crippen LogP contribution in [0.2, 0.25) is 0 Å². The van der Waals surface area contributed by atoms with E-state index in [0.717, 1.165) is 6.42 Å². The van der Waals surface area contributed by atoms with Gasteiger partial charge in [0.05, 0.1) is 5.75 Å². The molecule has 5 heteroatoms. The zero-order valence-corrected chi connectivity index (χ0v) is 15.8. The Balaban J connectivity index is -0.00000128. The maximum Gasteiger partial charge on any atom is 1.00 e. The molecule has 0 aliphatic heterocycles. The normalized spacial score (nSPS) is 13.2. The first-order valence-electron chi connectivity index (χ1n) is 6.49. The van der Waals surface area contributed by atoms with Crippen molar-refractivity contribution in [2.75, 3.05) is 5.75 Å². The van der Waals surface area contributed by atoms with Gasteiger partial charge in [-0.1, -0.05) is 41.5 Å². The topological polar surface area (TPSA) is 54.4 Å². The first-order chi connectivity index (χ1) is 7.54. The average Bonchev–Trinajstić information content (AvgIpc) is 2.08. The van der Waals surface area contributed by atoms with Gasteiger partial charge in [-0.3, -0.25) is 4.55 Å². The van der Waals surface area contributed by atoms with Crippen LogP contribution in [0.15, 0.2) is 0 Å². The van der Waals surface area contributed by atoms with Crippen molar-refractivity contribution in [3.8, 4) is 0 Å². The van der Waals surface area contributed by atoms with Gasteiger partial charge in [-0.05, 0) is 36.0 Å². The molecular weight excluding hydrogens is 259 g/mol. The van der Waals surface area contributed by atoms with Crippen molar-refractivity contribution >= 4 is 10.1 Å². The number of hydrogen-bond donors (Lipinski definition) is 1. The zero-order valence-electron chi connectivity index (χ0n) is 14.0. The van der Waals surface area contributed by atoms with Crippen LogP contribution in [-0.4, -0.2) is 18.7 Å². The number of rotatable bonds is 7. The van der Waals surface area contributed by atoms with Crippen molar-refractivity contribution in [3.63, 3.8) is 0 Å². The molecular formula is C13H29NaO3S. The molecule has 0 aromatic heterocycles. The molecule has 3 nitrogen and oxygen atoms in total. The van der Waals surface area contributed by atoms with E-state index in [1.165, 1.54) is 0 Å². The van der Waals surface area contributed by atoms with Gasteiger partial charge in [-0.25, -0.2) is 0 Å². The summed E-state index contributed by atoms with van der Waals surface area (Å²) in [6, 6.07) is 0. The van der Waals surface area contributed by atoms with Crippen LogP contribution >= 0.6 is 0 Å². The minimum atomic E-state index is -3.82. The van der Waals surface area contributed by atoms with Crippen LogP contribution in [-0.2, 0) is 10.1 Å². The molecule has 0 amide bonds. The van der Waals surface area contributed by atoms with E-state index in [2.05, 4.69) is 41.5 Å². The summed E-state index contributed by atoms with van der Waals surface area (Å²) in [4.78, 5) is 0. The third-order valence-corrected chi connectivity index (χ3v) is 5.04. The van der Waals surface area contributed by atoms with E-state index in [9.17, 15) is 8.42 Å². The van der Waals surface area contributed by atoms with Crippen LogP contribution < -0.4 is 29.6 Å². The SMILES string of the molecule is CC(C)C(CCCS(=O)(=O)O)(C(C)C)C(C)C.[H-].[Na+]. The van der Waals surface area contributed by atoms with E-state index in [4.69, 9.17) is 4.55 Å². The maximum atomic E-state index is 10.8. The first kappa shape index (κ1) is 21.2. The molecule has 0 heterocycles. The third kappa shape index (κ3) is 5.91. The van der Waals surface area contributed by atoms with Crippen molar-refractivity contribution < 1.29 is 44.0 Å². The fourth-order valence-electron chi connectivity index (χ4n) is 3.43. The molecule has 0 bridgehead atoms. The maximum absolute atomic E-state index is 10.8. The van der Waals surface area contributed by atoms with Gasteiger partial charge in [-0.15, -0.1) is 0 Å². The summed E-state index contributed by atoms with van der Waals surface area (Å²) in [5.74, 6) is 1.39. The minimum Gasteiger partial charge on any atom is -1.00 e. The van der Waals surface area contributed by atoms with Crippen LogP contribution in [0.4, 0.5) is 0 Å². The van der Waals surface area contributed by atoms with Gasteiger partial charge in [0, 0.05) is 0 Å². The molecule has 0 aromatic carbocycles. The van der Waals surface area contributed by atoms with Gasteiger partial charge < -0.3 is 1.43 Å². The Kier molecular flexibility index (Phi) is 9.73. The molecule has 0 spiro atoms. The van der Waals surface area contributed by atoms with Gasteiger partial charge in [0.2, 0.25) is 0 Å². The van der Waals surface area contributed by atoms with Gasteiger partial charge in [0.25, 0.3) is 10.1 Å². The van der Waals surface area contributed by atoms with E-state index in [0.29, 0.717) is 24.2 Å². The Morgan fingerprint density at radius 3 is 1.56 bits per heavy atom. The summed E-state index contributed by atoms with van der Waals surface area (Å²) in [7, 11) is -3.82. The van der Waals surface area contributed by atoms with E-state index in [1.54, 1.807) is 0 Å². The first-order valence-corrected chi connectivity index (χ1v) is 8.10. The summed E-state index contributed by atoms with van der Waals surface area (Å²) in [6.07, 6.45) is 1.38. The van der Waals surface area contributed by atoms with Crippen molar-refractivity contribution in [2.24, 2.45) is 23.2 Å². The van der Waals surface area contributed by atoms with Gasteiger partial charge >= 0.3 is 29.6 Å². The van der Waals surface area contributed by atoms with Crippen molar-refractivity contribution in [2.45, 2.75) is 54.4 Å². The number of hydrogen-bond acceptors (Lipinski definition) is 2. The van der Waals surface area contributed by atoms with Crippen LogP contribution in [0.5, 0.6) is 0 Å². The van der Waals surface area contributed by atoms with Gasteiger partial charge in [-0.2, -0.15) is 8.42 Å². The molecule has 0 fully saturated rings. The molecule has 0 radical (unpaired) electrons. The molecule has 1 N–H and O–H groups in total. The van der Waals surface area contributed by atoms with Crippen LogP contribution in [0, 0.1) is 23.2 Å². The summed E-state index contributed by atoms with van der Waals surface area (Å²) < 4.78 is 30.4. The molecule has 0 atom stereocenters. The van der Waals surface area contributed by atoms with Crippen molar-refractivity contribution in [1.82, 2.24) is 0 Å². The smallest absolute Gasteiger partial charge is 1.00 e. The summed E-state index contributed by atoms with van der Waals surface area (Å²) >= 11 is 0.